The van der Waals surface area contributed by atoms with Crippen molar-refractivity contribution in [3.8, 4) is 0 Å². The van der Waals surface area contributed by atoms with Gasteiger partial charge in [0.05, 0.1) is 15.7 Å². The summed E-state index contributed by atoms with van der Waals surface area (Å²) in [6.45, 7) is 1.84. The quantitative estimate of drug-likeness (QED) is 0.784. The Bertz CT molecular complexity index is 824. The first-order valence-corrected chi connectivity index (χ1v) is 6.88. The molecule has 0 unspecified atom stereocenters. The van der Waals surface area contributed by atoms with Crippen LogP contribution in [-0.4, -0.2) is 20.5 Å². The van der Waals surface area contributed by atoms with Crippen molar-refractivity contribution in [1.82, 2.24) is 14.6 Å². The number of benzene rings is 1. The molecule has 21 heavy (non-hydrogen) atoms. The molecule has 0 spiro atoms. The Morgan fingerprint density at radius 2 is 1.90 bits per heavy atom. The average Bonchev–Trinajstić information content (AvgIpc) is 2.84. The first-order chi connectivity index (χ1) is 10.1. The number of carbonyl (C=O) groups excluding carboxylic acids is 1. The second-order valence-corrected chi connectivity index (χ2v) is 5.26. The number of carbonyl (C=O) groups is 1. The first kappa shape index (κ1) is 13.9. The molecule has 1 amide bonds. The molecule has 0 aliphatic heterocycles. The van der Waals surface area contributed by atoms with Crippen LogP contribution >= 0.6 is 23.2 Å². The maximum atomic E-state index is 12.3. The van der Waals surface area contributed by atoms with Crippen LogP contribution in [0.25, 0.3) is 5.65 Å². The summed E-state index contributed by atoms with van der Waals surface area (Å²) in [5.74, 6) is 0.444. The summed E-state index contributed by atoms with van der Waals surface area (Å²) in [5, 5.41) is 11.4. The predicted octanol–water partition coefficient (Wildman–Crippen LogP) is 3.60. The maximum absolute atomic E-state index is 12.3. The summed E-state index contributed by atoms with van der Waals surface area (Å²) in [4.78, 5) is 12.3. The number of anilines is 1. The van der Waals surface area contributed by atoms with Crippen molar-refractivity contribution in [2.45, 2.75) is 6.92 Å². The van der Waals surface area contributed by atoms with Crippen LogP contribution in [0.15, 0.2) is 36.5 Å². The number of hydrogen-bond acceptors (Lipinski definition) is 3. The van der Waals surface area contributed by atoms with E-state index in [-0.39, 0.29) is 5.91 Å². The Labute approximate surface area is 130 Å². The van der Waals surface area contributed by atoms with Gasteiger partial charge in [-0.05, 0) is 31.2 Å². The minimum Gasteiger partial charge on any atom is -0.319 e. The molecule has 0 bridgehead atoms. The molecule has 106 valence electrons. The SMILES string of the molecule is Cc1nnc2cc(C(=O)Nc3c(Cl)cccc3Cl)ccn12. The van der Waals surface area contributed by atoms with Gasteiger partial charge in [0.15, 0.2) is 5.65 Å². The molecule has 0 fully saturated rings. The van der Waals surface area contributed by atoms with Crippen molar-refractivity contribution >= 4 is 40.4 Å². The number of para-hydroxylation sites is 1. The first-order valence-electron chi connectivity index (χ1n) is 6.13. The highest BCUT2D eigenvalue weighted by atomic mass is 35.5. The Morgan fingerprint density at radius 1 is 1.19 bits per heavy atom. The van der Waals surface area contributed by atoms with E-state index in [0.717, 1.165) is 5.82 Å². The number of fused-ring (bicyclic) bond motifs is 1. The largest absolute Gasteiger partial charge is 0.319 e. The fraction of sp³-hybridized carbons (Fsp3) is 0.0714. The Kier molecular flexibility index (Phi) is 3.53. The van der Waals surface area contributed by atoms with Crippen LogP contribution in [-0.2, 0) is 0 Å². The number of nitrogens with zero attached hydrogens (tertiary/aromatic N) is 3. The van der Waals surface area contributed by atoms with Gasteiger partial charge in [-0.1, -0.05) is 29.3 Å². The van der Waals surface area contributed by atoms with Gasteiger partial charge >= 0.3 is 0 Å². The fourth-order valence-electron chi connectivity index (χ4n) is 1.95. The summed E-state index contributed by atoms with van der Waals surface area (Å²) in [6.07, 6.45) is 1.74. The number of halogens is 2. The summed E-state index contributed by atoms with van der Waals surface area (Å²) < 4.78 is 1.79. The van der Waals surface area contributed by atoms with E-state index in [4.69, 9.17) is 23.2 Å². The second kappa shape index (κ2) is 5.35. The molecule has 7 heteroatoms. The van der Waals surface area contributed by atoms with Gasteiger partial charge in [0.1, 0.15) is 5.82 Å². The Morgan fingerprint density at radius 3 is 2.62 bits per heavy atom. The van der Waals surface area contributed by atoms with Crippen molar-refractivity contribution in [3.63, 3.8) is 0 Å². The van der Waals surface area contributed by atoms with E-state index in [2.05, 4.69) is 15.5 Å². The molecule has 0 saturated heterocycles. The predicted molar refractivity (Wildman–Crippen MR) is 82.1 cm³/mol. The van der Waals surface area contributed by atoms with Gasteiger partial charge in [0, 0.05) is 11.8 Å². The molecule has 0 aliphatic carbocycles. The Hall–Kier alpha value is -2.11. The highest BCUT2D eigenvalue weighted by Crippen LogP contribution is 2.30. The van der Waals surface area contributed by atoms with E-state index in [1.165, 1.54) is 0 Å². The summed E-state index contributed by atoms with van der Waals surface area (Å²) in [7, 11) is 0. The third-order valence-electron chi connectivity index (χ3n) is 3.04. The molecular weight excluding hydrogens is 311 g/mol. The minimum atomic E-state index is -0.312. The molecule has 0 saturated carbocycles. The molecule has 2 aromatic heterocycles. The van der Waals surface area contributed by atoms with Gasteiger partial charge in [-0.15, -0.1) is 10.2 Å². The molecule has 0 atom stereocenters. The van der Waals surface area contributed by atoms with Crippen molar-refractivity contribution in [2.24, 2.45) is 0 Å². The number of aryl methyl sites for hydroxylation is 1. The highest BCUT2D eigenvalue weighted by molar-refractivity contribution is 6.40. The lowest BCUT2D eigenvalue weighted by Crippen LogP contribution is -2.13. The van der Waals surface area contributed by atoms with Crippen molar-refractivity contribution in [1.29, 1.82) is 0 Å². The van der Waals surface area contributed by atoms with Crippen molar-refractivity contribution in [3.05, 3.63) is 58.0 Å². The zero-order valence-electron chi connectivity index (χ0n) is 11.0. The van der Waals surface area contributed by atoms with Crippen LogP contribution < -0.4 is 5.32 Å². The van der Waals surface area contributed by atoms with Gasteiger partial charge in [-0.2, -0.15) is 0 Å². The lowest BCUT2D eigenvalue weighted by atomic mass is 10.2. The summed E-state index contributed by atoms with van der Waals surface area (Å²) >= 11 is 12.1. The summed E-state index contributed by atoms with van der Waals surface area (Å²) in [6, 6.07) is 8.37. The van der Waals surface area contributed by atoms with Crippen LogP contribution in [0.5, 0.6) is 0 Å². The standard InChI is InChI=1S/C14H10Cl2N4O/c1-8-18-19-12-7-9(5-6-20(8)12)14(21)17-13-10(15)3-2-4-11(13)16/h2-7H,1H3,(H,17,21). The smallest absolute Gasteiger partial charge is 0.255 e. The molecule has 0 aliphatic rings. The van der Waals surface area contributed by atoms with Crippen LogP contribution in [0.3, 0.4) is 0 Å². The zero-order valence-corrected chi connectivity index (χ0v) is 12.5. The molecule has 3 aromatic rings. The lowest BCUT2D eigenvalue weighted by Gasteiger charge is -2.09. The molecule has 5 nitrogen and oxygen atoms in total. The van der Waals surface area contributed by atoms with E-state index in [0.29, 0.717) is 26.9 Å². The van der Waals surface area contributed by atoms with Crippen molar-refractivity contribution < 1.29 is 4.79 Å². The van der Waals surface area contributed by atoms with Crippen LogP contribution in [0.1, 0.15) is 16.2 Å². The van der Waals surface area contributed by atoms with E-state index in [1.54, 1.807) is 40.9 Å². The van der Waals surface area contributed by atoms with E-state index in [1.807, 2.05) is 6.92 Å². The highest BCUT2D eigenvalue weighted by Gasteiger charge is 2.12. The van der Waals surface area contributed by atoms with E-state index in [9.17, 15) is 4.79 Å². The number of pyridine rings is 1. The topological polar surface area (TPSA) is 59.3 Å². The van der Waals surface area contributed by atoms with Gasteiger partial charge in [-0.25, -0.2) is 0 Å². The van der Waals surface area contributed by atoms with Gasteiger partial charge in [0.25, 0.3) is 5.91 Å². The van der Waals surface area contributed by atoms with Crippen LogP contribution in [0.2, 0.25) is 10.0 Å². The third kappa shape index (κ3) is 2.57. The maximum Gasteiger partial charge on any atom is 0.255 e. The third-order valence-corrected chi connectivity index (χ3v) is 3.67. The van der Waals surface area contributed by atoms with Gasteiger partial charge < -0.3 is 5.32 Å². The lowest BCUT2D eigenvalue weighted by molar-refractivity contribution is 0.102. The second-order valence-electron chi connectivity index (χ2n) is 4.44. The van der Waals surface area contributed by atoms with Crippen molar-refractivity contribution in [2.75, 3.05) is 5.32 Å². The van der Waals surface area contributed by atoms with Crippen LogP contribution in [0, 0.1) is 6.92 Å². The number of aromatic nitrogens is 3. The molecule has 0 radical (unpaired) electrons. The minimum absolute atomic E-state index is 0.312. The number of rotatable bonds is 2. The molecule has 1 aromatic carbocycles. The monoisotopic (exact) mass is 320 g/mol. The van der Waals surface area contributed by atoms with E-state index >= 15 is 0 Å². The van der Waals surface area contributed by atoms with Crippen LogP contribution in [0.4, 0.5) is 5.69 Å². The molecular formula is C14H10Cl2N4O. The molecule has 3 rings (SSSR count). The fourth-order valence-corrected chi connectivity index (χ4v) is 2.45. The summed E-state index contributed by atoms with van der Waals surface area (Å²) in [5.41, 5.74) is 1.44. The zero-order chi connectivity index (χ0) is 15.0. The van der Waals surface area contributed by atoms with Gasteiger partial charge in [0.2, 0.25) is 0 Å². The molecule has 2 heterocycles. The number of amides is 1. The number of hydrogen-bond donors (Lipinski definition) is 1. The van der Waals surface area contributed by atoms with Gasteiger partial charge in [-0.3, -0.25) is 9.20 Å². The van der Waals surface area contributed by atoms with E-state index < -0.39 is 0 Å². The normalized spacial score (nSPS) is 10.8. The molecule has 1 N–H and O–H groups in total. The Balaban J connectivity index is 1.93. The average molecular weight is 321 g/mol. The number of nitrogens with one attached hydrogen (secondary N) is 1.